The average Bonchev–Trinajstić information content (AvgIpc) is 2.86. The number of benzene rings is 1. The molecular formula is C20H31NO3Si. The molecule has 0 saturated heterocycles. The number of hydrogen-bond acceptors (Lipinski definition) is 3. The van der Waals surface area contributed by atoms with Gasteiger partial charge in [0.2, 0.25) is 5.91 Å². The maximum atomic E-state index is 11.7. The molecule has 0 saturated carbocycles. The first-order valence-corrected chi connectivity index (χ1v) is 11.8. The van der Waals surface area contributed by atoms with Crippen LogP contribution in [0.3, 0.4) is 0 Å². The van der Waals surface area contributed by atoms with Gasteiger partial charge in [0.05, 0.1) is 24.9 Å². The van der Waals surface area contributed by atoms with E-state index in [0.717, 1.165) is 5.56 Å². The van der Waals surface area contributed by atoms with Gasteiger partial charge >= 0.3 is 0 Å². The number of carbonyl (C=O) groups is 1. The fraction of sp³-hybridized carbons (Fsp3) is 0.550. The number of rotatable bonds is 6. The summed E-state index contributed by atoms with van der Waals surface area (Å²) in [5, 5.41) is 3.14. The summed E-state index contributed by atoms with van der Waals surface area (Å²) < 4.78 is 12.6. The minimum Gasteiger partial charge on any atom is -0.408 e. The van der Waals surface area contributed by atoms with Crippen molar-refractivity contribution in [3.05, 3.63) is 48.0 Å². The lowest BCUT2D eigenvalue weighted by Crippen LogP contribution is -2.53. The van der Waals surface area contributed by atoms with Crippen molar-refractivity contribution in [1.82, 2.24) is 5.32 Å². The fourth-order valence-corrected chi connectivity index (χ4v) is 3.86. The predicted octanol–water partition coefficient (Wildman–Crippen LogP) is 4.04. The van der Waals surface area contributed by atoms with E-state index in [-0.39, 0.29) is 29.2 Å². The number of amides is 1. The Morgan fingerprint density at radius 2 is 1.72 bits per heavy atom. The van der Waals surface area contributed by atoms with Crippen LogP contribution in [0, 0.1) is 0 Å². The molecule has 1 aromatic carbocycles. The number of ether oxygens (including phenoxy) is 1. The Morgan fingerprint density at radius 1 is 1.12 bits per heavy atom. The molecule has 0 aliphatic heterocycles. The van der Waals surface area contributed by atoms with Crippen LogP contribution in [-0.2, 0) is 20.6 Å². The van der Waals surface area contributed by atoms with Crippen LogP contribution in [0.1, 0.15) is 33.3 Å². The van der Waals surface area contributed by atoms with Crippen molar-refractivity contribution in [1.29, 1.82) is 0 Å². The van der Waals surface area contributed by atoms with Gasteiger partial charge in [-0.05, 0) is 23.7 Å². The Morgan fingerprint density at radius 3 is 2.28 bits per heavy atom. The van der Waals surface area contributed by atoms with Gasteiger partial charge in [0, 0.05) is 6.92 Å². The van der Waals surface area contributed by atoms with Crippen LogP contribution in [0.2, 0.25) is 18.1 Å². The average molecular weight is 362 g/mol. The van der Waals surface area contributed by atoms with E-state index in [1.54, 1.807) is 0 Å². The molecule has 0 radical (unpaired) electrons. The molecule has 0 aromatic heterocycles. The van der Waals surface area contributed by atoms with Gasteiger partial charge in [-0.15, -0.1) is 0 Å². The highest BCUT2D eigenvalue weighted by atomic mass is 28.4. The summed E-state index contributed by atoms with van der Waals surface area (Å²) in [6.07, 6.45) is 3.72. The molecule has 0 heterocycles. The van der Waals surface area contributed by atoms with Crippen molar-refractivity contribution in [2.45, 2.75) is 70.7 Å². The zero-order valence-corrected chi connectivity index (χ0v) is 17.2. The molecule has 5 heteroatoms. The first-order chi connectivity index (χ1) is 11.6. The molecular weight excluding hydrogens is 330 g/mol. The van der Waals surface area contributed by atoms with Gasteiger partial charge in [0.1, 0.15) is 0 Å². The van der Waals surface area contributed by atoms with E-state index >= 15 is 0 Å². The number of nitrogens with one attached hydrogen (secondary N) is 1. The van der Waals surface area contributed by atoms with E-state index in [2.05, 4.69) is 39.2 Å². The van der Waals surface area contributed by atoms with E-state index < -0.39 is 8.32 Å². The minimum atomic E-state index is -1.94. The van der Waals surface area contributed by atoms with E-state index in [1.165, 1.54) is 6.92 Å². The SMILES string of the molecule is CC(=O)N[C@H]1[C@@H](O[Si](C)(C)C(C)(C)C)C=C[C@H]1OCc1ccccc1. The molecule has 1 aromatic rings. The first kappa shape index (κ1) is 19.9. The lowest BCUT2D eigenvalue weighted by atomic mass is 10.1. The zero-order valence-electron chi connectivity index (χ0n) is 16.2. The first-order valence-electron chi connectivity index (χ1n) is 8.89. The molecule has 0 spiro atoms. The van der Waals surface area contributed by atoms with Gasteiger partial charge in [0.25, 0.3) is 0 Å². The summed E-state index contributed by atoms with van der Waals surface area (Å²) in [4.78, 5) is 11.7. The summed E-state index contributed by atoms with van der Waals surface area (Å²) in [7, 11) is -1.94. The third kappa shape index (κ3) is 5.27. The molecule has 1 amide bonds. The second-order valence-electron chi connectivity index (χ2n) is 8.22. The quantitative estimate of drug-likeness (QED) is 0.614. The highest BCUT2D eigenvalue weighted by Gasteiger charge is 2.43. The number of carbonyl (C=O) groups excluding carboxylic acids is 1. The summed E-state index contributed by atoms with van der Waals surface area (Å²) in [6, 6.07) is 9.87. The maximum Gasteiger partial charge on any atom is 0.217 e. The van der Waals surface area contributed by atoms with Crippen molar-refractivity contribution in [3.8, 4) is 0 Å². The third-order valence-electron chi connectivity index (χ3n) is 5.09. The highest BCUT2D eigenvalue weighted by Crippen LogP contribution is 2.38. The molecule has 1 N–H and O–H groups in total. The van der Waals surface area contributed by atoms with Gasteiger partial charge in [-0.3, -0.25) is 4.79 Å². The summed E-state index contributed by atoms with van der Waals surface area (Å²) >= 11 is 0. The van der Waals surface area contributed by atoms with E-state index in [4.69, 9.17) is 9.16 Å². The van der Waals surface area contributed by atoms with Crippen molar-refractivity contribution in [2.75, 3.05) is 0 Å². The maximum absolute atomic E-state index is 11.7. The lowest BCUT2D eigenvalue weighted by molar-refractivity contribution is -0.121. The Labute approximate surface area is 152 Å². The van der Waals surface area contributed by atoms with E-state index in [1.807, 2.05) is 42.5 Å². The van der Waals surface area contributed by atoms with Gasteiger partial charge in [-0.1, -0.05) is 63.3 Å². The van der Waals surface area contributed by atoms with Gasteiger partial charge < -0.3 is 14.5 Å². The Bertz CT molecular complexity index is 607. The van der Waals surface area contributed by atoms with Crippen LogP contribution in [0.4, 0.5) is 0 Å². The summed E-state index contributed by atoms with van der Waals surface area (Å²) in [5.74, 6) is -0.0640. The Balaban J connectivity index is 2.06. The summed E-state index contributed by atoms with van der Waals surface area (Å²) in [5.41, 5.74) is 1.12. The van der Waals surface area contributed by atoms with Crippen molar-refractivity contribution in [2.24, 2.45) is 0 Å². The Hall–Kier alpha value is -1.43. The molecule has 1 aliphatic carbocycles. The van der Waals surface area contributed by atoms with Gasteiger partial charge in [0.15, 0.2) is 8.32 Å². The van der Waals surface area contributed by atoms with Crippen LogP contribution in [0.25, 0.3) is 0 Å². The number of hydrogen-bond donors (Lipinski definition) is 1. The molecule has 1 aliphatic rings. The zero-order chi connectivity index (χ0) is 18.7. The van der Waals surface area contributed by atoms with Crippen molar-refractivity contribution >= 4 is 14.2 Å². The van der Waals surface area contributed by atoms with Crippen LogP contribution in [0.15, 0.2) is 42.5 Å². The van der Waals surface area contributed by atoms with Crippen molar-refractivity contribution < 1.29 is 14.0 Å². The molecule has 2 rings (SSSR count). The predicted molar refractivity (Wildman–Crippen MR) is 104 cm³/mol. The van der Waals surface area contributed by atoms with Crippen LogP contribution in [0.5, 0.6) is 0 Å². The van der Waals surface area contributed by atoms with Gasteiger partial charge in [-0.25, -0.2) is 0 Å². The van der Waals surface area contributed by atoms with Crippen LogP contribution < -0.4 is 5.32 Å². The third-order valence-corrected chi connectivity index (χ3v) is 9.56. The van der Waals surface area contributed by atoms with Crippen molar-refractivity contribution in [3.63, 3.8) is 0 Å². The second-order valence-corrected chi connectivity index (χ2v) is 13.0. The molecule has 3 atom stereocenters. The fourth-order valence-electron chi connectivity index (χ4n) is 2.60. The van der Waals surface area contributed by atoms with E-state index in [9.17, 15) is 4.79 Å². The minimum absolute atomic E-state index is 0.0640. The highest BCUT2D eigenvalue weighted by molar-refractivity contribution is 6.74. The normalized spacial score (nSPS) is 23.7. The molecule has 0 unspecified atom stereocenters. The second kappa shape index (κ2) is 7.85. The Kier molecular flexibility index (Phi) is 6.24. The molecule has 25 heavy (non-hydrogen) atoms. The molecule has 138 valence electrons. The topological polar surface area (TPSA) is 47.6 Å². The molecule has 0 fully saturated rings. The van der Waals surface area contributed by atoms with Crippen LogP contribution >= 0.6 is 0 Å². The molecule has 4 nitrogen and oxygen atoms in total. The summed E-state index contributed by atoms with van der Waals surface area (Å²) in [6.45, 7) is 13.2. The standard InChI is InChI=1S/C20H31NO3Si/c1-15(22)21-19-17(23-14-16-10-8-7-9-11-16)12-13-18(19)24-25(5,6)20(2,3)4/h7-13,17-19H,14H2,1-6H3,(H,21,22)/t17-,18+,19-/m1/s1. The molecule has 0 bridgehead atoms. The van der Waals surface area contributed by atoms with E-state index in [0.29, 0.717) is 6.61 Å². The lowest BCUT2D eigenvalue weighted by Gasteiger charge is -2.40. The smallest absolute Gasteiger partial charge is 0.217 e. The van der Waals surface area contributed by atoms with Crippen LogP contribution in [-0.4, -0.2) is 32.5 Å². The largest absolute Gasteiger partial charge is 0.408 e. The van der Waals surface area contributed by atoms with Gasteiger partial charge in [-0.2, -0.15) is 0 Å². The monoisotopic (exact) mass is 361 g/mol.